The third-order valence-electron chi connectivity index (χ3n) is 5.29. The Hall–Kier alpha value is -1.39. The third kappa shape index (κ3) is 6.31. The van der Waals surface area contributed by atoms with Crippen molar-refractivity contribution in [3.63, 3.8) is 0 Å². The van der Waals surface area contributed by atoms with Crippen LogP contribution in [0.1, 0.15) is 30.9 Å². The maximum Gasteiger partial charge on any atom is 0.193 e. The van der Waals surface area contributed by atoms with Crippen molar-refractivity contribution in [3.8, 4) is 0 Å². The van der Waals surface area contributed by atoms with Gasteiger partial charge in [0.2, 0.25) is 0 Å². The van der Waals surface area contributed by atoms with Gasteiger partial charge in [-0.25, -0.2) is 4.39 Å². The second-order valence-electron chi connectivity index (χ2n) is 8.10. The highest BCUT2D eigenvalue weighted by molar-refractivity contribution is 14.0. The minimum atomic E-state index is -0.322. The van der Waals surface area contributed by atoms with Gasteiger partial charge in [-0.2, -0.15) is 0 Å². The summed E-state index contributed by atoms with van der Waals surface area (Å²) in [5, 5.41) is 7.99. The highest BCUT2D eigenvalue weighted by atomic mass is 127. The molecule has 6 nitrogen and oxygen atoms in total. The Kier molecular flexibility index (Phi) is 8.93. The van der Waals surface area contributed by atoms with Crippen LogP contribution in [0.2, 0.25) is 5.02 Å². The Morgan fingerprint density at radius 1 is 1.27 bits per heavy atom. The molecule has 0 atom stereocenters. The van der Waals surface area contributed by atoms with Crippen molar-refractivity contribution >= 4 is 41.5 Å². The van der Waals surface area contributed by atoms with Crippen molar-refractivity contribution < 1.29 is 8.91 Å². The van der Waals surface area contributed by atoms with Crippen LogP contribution in [0.3, 0.4) is 0 Å². The van der Waals surface area contributed by atoms with Crippen LogP contribution in [0.5, 0.6) is 0 Å². The summed E-state index contributed by atoms with van der Waals surface area (Å²) in [6, 6.07) is 6.55. The van der Waals surface area contributed by atoms with Crippen LogP contribution in [0, 0.1) is 12.7 Å². The fourth-order valence-corrected chi connectivity index (χ4v) is 4.03. The Bertz CT molecular complexity index is 865. The molecule has 166 valence electrons. The molecule has 30 heavy (non-hydrogen) atoms. The van der Waals surface area contributed by atoms with Crippen molar-refractivity contribution in [1.29, 1.82) is 0 Å². The minimum Gasteiger partial charge on any atom is -0.361 e. The fourth-order valence-electron chi connectivity index (χ4n) is 3.61. The third-order valence-corrected chi connectivity index (χ3v) is 5.61. The summed E-state index contributed by atoms with van der Waals surface area (Å²) in [7, 11) is 1.80. The smallest absolute Gasteiger partial charge is 0.193 e. The van der Waals surface area contributed by atoms with Crippen LogP contribution in [0.15, 0.2) is 33.8 Å². The van der Waals surface area contributed by atoms with E-state index in [4.69, 9.17) is 16.1 Å². The predicted molar refractivity (Wildman–Crippen MR) is 129 cm³/mol. The first-order valence-electron chi connectivity index (χ1n) is 9.84. The lowest BCUT2D eigenvalue weighted by atomic mass is 9.84. The van der Waals surface area contributed by atoms with Gasteiger partial charge in [-0.15, -0.1) is 24.0 Å². The van der Waals surface area contributed by atoms with E-state index in [2.05, 4.69) is 39.1 Å². The molecule has 0 aliphatic carbocycles. The summed E-state index contributed by atoms with van der Waals surface area (Å²) in [6.07, 6.45) is 0. The molecule has 3 rings (SSSR count). The van der Waals surface area contributed by atoms with Crippen LogP contribution >= 0.6 is 35.6 Å². The molecule has 1 N–H and O–H groups in total. The number of benzene rings is 1. The van der Waals surface area contributed by atoms with Crippen LogP contribution in [-0.4, -0.2) is 60.7 Å². The molecule has 9 heteroatoms. The van der Waals surface area contributed by atoms with Crippen molar-refractivity contribution in [1.82, 2.24) is 20.3 Å². The summed E-state index contributed by atoms with van der Waals surface area (Å²) in [4.78, 5) is 9.07. The summed E-state index contributed by atoms with van der Waals surface area (Å²) in [5.41, 5.74) is 1.61. The lowest BCUT2D eigenvalue weighted by molar-refractivity contribution is 0.168. The van der Waals surface area contributed by atoms with Gasteiger partial charge in [0, 0.05) is 62.8 Å². The molecule has 1 fully saturated rings. The normalized spacial score (nSPS) is 15.8. The number of halogens is 3. The van der Waals surface area contributed by atoms with Crippen LogP contribution in [-0.2, 0) is 12.0 Å². The van der Waals surface area contributed by atoms with Gasteiger partial charge in [0.1, 0.15) is 11.6 Å². The number of guanidine groups is 1. The topological polar surface area (TPSA) is 56.9 Å². The zero-order valence-electron chi connectivity index (χ0n) is 17.9. The molecule has 1 aliphatic heterocycles. The number of nitrogens with zero attached hydrogens (tertiary/aromatic N) is 4. The van der Waals surface area contributed by atoms with E-state index in [0.717, 1.165) is 55.7 Å². The van der Waals surface area contributed by atoms with Crippen LogP contribution in [0.4, 0.5) is 4.39 Å². The average Bonchev–Trinajstić information content (AvgIpc) is 3.08. The first-order chi connectivity index (χ1) is 13.8. The number of aryl methyl sites for hydroxylation is 1. The minimum absolute atomic E-state index is 0. The molecular weight excluding hydrogens is 520 g/mol. The van der Waals surface area contributed by atoms with Gasteiger partial charge in [0.15, 0.2) is 5.96 Å². The number of aromatic nitrogens is 1. The van der Waals surface area contributed by atoms with Crippen LogP contribution in [0.25, 0.3) is 0 Å². The lowest BCUT2D eigenvalue weighted by Crippen LogP contribution is -2.53. The highest BCUT2D eigenvalue weighted by Gasteiger charge is 2.26. The van der Waals surface area contributed by atoms with Gasteiger partial charge in [0.05, 0.1) is 5.69 Å². The van der Waals surface area contributed by atoms with Crippen molar-refractivity contribution in [2.75, 3.05) is 39.8 Å². The molecule has 1 aromatic heterocycles. The number of hydrogen-bond donors (Lipinski definition) is 1. The number of nitrogens with one attached hydrogen (secondary N) is 1. The first kappa shape index (κ1) is 24.9. The summed E-state index contributed by atoms with van der Waals surface area (Å²) in [5.74, 6) is 1.39. The van der Waals surface area contributed by atoms with Crippen molar-refractivity contribution in [2.45, 2.75) is 32.7 Å². The number of piperazine rings is 1. The molecule has 0 unspecified atom stereocenters. The highest BCUT2D eigenvalue weighted by Crippen LogP contribution is 2.30. The SMILES string of the molecule is CN=C(NCC(C)(C)c1ccc(F)cc1Cl)N1CCN(Cc2cc(C)on2)CC1.I. The number of aliphatic imine (C=N–C) groups is 1. The second kappa shape index (κ2) is 10.8. The molecule has 2 aromatic rings. The molecule has 0 radical (unpaired) electrons. The molecular formula is C21H30ClFIN5O. The van der Waals surface area contributed by atoms with E-state index in [1.165, 1.54) is 12.1 Å². The molecule has 2 heterocycles. The van der Waals surface area contributed by atoms with E-state index in [1.807, 2.05) is 13.0 Å². The van der Waals surface area contributed by atoms with Gasteiger partial charge in [-0.05, 0) is 24.6 Å². The van der Waals surface area contributed by atoms with E-state index in [9.17, 15) is 4.39 Å². The maximum atomic E-state index is 13.4. The van der Waals surface area contributed by atoms with Crippen molar-refractivity contribution in [2.24, 2.45) is 4.99 Å². The Balaban J connectivity index is 0.00000320. The van der Waals surface area contributed by atoms with E-state index in [0.29, 0.717) is 11.6 Å². The number of hydrogen-bond acceptors (Lipinski definition) is 4. The summed E-state index contributed by atoms with van der Waals surface area (Å²) >= 11 is 6.27. The molecule has 0 spiro atoms. The number of rotatable bonds is 5. The Morgan fingerprint density at radius 3 is 2.53 bits per heavy atom. The molecule has 0 bridgehead atoms. The lowest BCUT2D eigenvalue weighted by Gasteiger charge is -2.37. The quantitative estimate of drug-likeness (QED) is 0.346. The Labute approximate surface area is 199 Å². The molecule has 0 amide bonds. The van der Waals surface area contributed by atoms with E-state index >= 15 is 0 Å². The molecule has 1 saturated heterocycles. The standard InChI is InChI=1S/C21H29ClFN5O.HI/c1-15-11-17(26-29-15)13-27-7-9-28(10-8-27)20(24-4)25-14-21(2,3)18-6-5-16(23)12-19(18)22;/h5-6,11-12H,7-10,13-14H2,1-4H3,(H,24,25);1H. The molecule has 1 aliphatic rings. The van der Waals surface area contributed by atoms with Crippen molar-refractivity contribution in [3.05, 3.63) is 52.1 Å². The van der Waals surface area contributed by atoms with E-state index in [1.54, 1.807) is 13.1 Å². The monoisotopic (exact) mass is 549 g/mol. The fraction of sp³-hybridized carbons (Fsp3) is 0.524. The first-order valence-corrected chi connectivity index (χ1v) is 10.2. The van der Waals surface area contributed by atoms with Gasteiger partial charge in [-0.1, -0.05) is 36.7 Å². The zero-order chi connectivity index (χ0) is 21.0. The maximum absolute atomic E-state index is 13.4. The van der Waals surface area contributed by atoms with Gasteiger partial charge in [-0.3, -0.25) is 9.89 Å². The average molecular weight is 550 g/mol. The Morgan fingerprint density at radius 2 is 1.97 bits per heavy atom. The summed E-state index contributed by atoms with van der Waals surface area (Å²) in [6.45, 7) is 11.2. The largest absolute Gasteiger partial charge is 0.361 e. The van der Waals surface area contributed by atoms with E-state index < -0.39 is 0 Å². The van der Waals surface area contributed by atoms with Gasteiger partial charge in [0.25, 0.3) is 0 Å². The molecule has 0 saturated carbocycles. The van der Waals surface area contributed by atoms with Gasteiger partial charge < -0.3 is 14.7 Å². The van der Waals surface area contributed by atoms with E-state index in [-0.39, 0.29) is 35.2 Å². The summed E-state index contributed by atoms with van der Waals surface area (Å²) < 4.78 is 18.5. The van der Waals surface area contributed by atoms with Crippen LogP contribution < -0.4 is 5.32 Å². The van der Waals surface area contributed by atoms with Gasteiger partial charge >= 0.3 is 0 Å². The predicted octanol–water partition coefficient (Wildman–Crippen LogP) is 4.06. The second-order valence-corrected chi connectivity index (χ2v) is 8.51. The molecule has 1 aromatic carbocycles. The zero-order valence-corrected chi connectivity index (χ0v) is 21.0.